The van der Waals surface area contributed by atoms with Crippen LogP contribution in [-0.2, 0) is 23.7 Å². The van der Waals surface area contributed by atoms with Gasteiger partial charge in [-0.25, -0.2) is 0 Å². The third-order valence-corrected chi connectivity index (χ3v) is 7.15. The van der Waals surface area contributed by atoms with E-state index in [9.17, 15) is 0 Å². The Morgan fingerprint density at radius 3 is 1.39 bits per heavy atom. The maximum atomic E-state index is 5.49. The van der Waals surface area contributed by atoms with Gasteiger partial charge in [-0.05, 0) is 33.1 Å². The fourth-order valence-electron chi connectivity index (χ4n) is 1.93. The third-order valence-electron chi connectivity index (χ3n) is 4.10. The van der Waals surface area contributed by atoms with Gasteiger partial charge in [0.2, 0.25) is 0 Å². The van der Waals surface area contributed by atoms with Crippen LogP contribution in [0.15, 0.2) is 0 Å². The molecule has 0 saturated heterocycles. The van der Waals surface area contributed by atoms with Crippen molar-refractivity contribution in [3.8, 4) is 0 Å². The molecule has 0 N–H and O–H groups in total. The molecule has 0 aromatic carbocycles. The van der Waals surface area contributed by atoms with Crippen molar-refractivity contribution in [1.82, 2.24) is 4.90 Å². The lowest BCUT2D eigenvalue weighted by atomic mass is 10.4. The van der Waals surface area contributed by atoms with Crippen molar-refractivity contribution < 1.29 is 23.7 Å². The van der Waals surface area contributed by atoms with E-state index in [-0.39, 0.29) is 6.23 Å². The average Bonchev–Trinajstić information content (AvgIpc) is 2.59. The lowest BCUT2D eigenvalue weighted by Gasteiger charge is -2.32. The molecule has 0 spiro atoms. The van der Waals surface area contributed by atoms with Crippen LogP contribution in [0.5, 0.6) is 0 Å². The molecule has 0 rings (SSSR count). The van der Waals surface area contributed by atoms with Crippen molar-refractivity contribution in [2.75, 3.05) is 61.0 Å². The summed E-state index contributed by atoms with van der Waals surface area (Å²) in [5.41, 5.74) is -0.983. The molecule has 0 aliphatic carbocycles. The van der Waals surface area contributed by atoms with Crippen LogP contribution in [0.25, 0.3) is 0 Å². The molecule has 0 aromatic rings. The second-order valence-corrected chi connectivity index (χ2v) is 8.96. The lowest BCUT2D eigenvalue weighted by molar-refractivity contribution is -0.123. The Bertz CT molecular complexity index is 278. The molecule has 0 aliphatic heterocycles. The second-order valence-electron chi connectivity index (χ2n) is 5.43. The highest BCUT2D eigenvalue weighted by Gasteiger charge is 2.25. The quantitative estimate of drug-likeness (QED) is 0.346. The molecule has 0 aromatic heterocycles. The first-order valence-electron chi connectivity index (χ1n) is 7.77. The minimum Gasteiger partial charge on any atom is -0.367 e. The summed E-state index contributed by atoms with van der Waals surface area (Å²) in [5.74, 6) is 0. The highest BCUT2D eigenvalue weighted by Crippen LogP contribution is 2.34. The minimum atomic E-state index is -0.492. The van der Waals surface area contributed by atoms with Crippen molar-refractivity contribution in [3.05, 3.63) is 0 Å². The molecule has 0 aliphatic rings. The van der Waals surface area contributed by atoms with E-state index in [2.05, 4.69) is 11.8 Å². The van der Waals surface area contributed by atoms with Gasteiger partial charge in [-0.3, -0.25) is 4.90 Å². The summed E-state index contributed by atoms with van der Waals surface area (Å²) in [5, 5.41) is 0. The second kappa shape index (κ2) is 12.1. The molecule has 3 unspecified atom stereocenters. The number of nitrogens with zero attached hydrogens (tertiary/aromatic N) is 1. The van der Waals surface area contributed by atoms with Crippen LogP contribution in [0.2, 0.25) is 0 Å². The van der Waals surface area contributed by atoms with Crippen LogP contribution in [0.1, 0.15) is 20.8 Å². The summed E-state index contributed by atoms with van der Waals surface area (Å²) in [4.78, 5) is 2.33. The summed E-state index contributed by atoms with van der Waals surface area (Å²) in [6, 6.07) is 0. The van der Waals surface area contributed by atoms with Gasteiger partial charge in [0, 0.05) is 48.6 Å². The Morgan fingerprint density at radius 2 is 1.13 bits per heavy atom. The Morgan fingerprint density at radius 1 is 0.783 bits per heavy atom. The normalized spacial score (nSPS) is 15.5. The predicted molar refractivity (Wildman–Crippen MR) is 99.3 cm³/mol. The number of hydrogen-bond acceptors (Lipinski definition) is 6. The molecule has 0 saturated carbocycles. The monoisotopic (exact) mass is 371 g/mol. The highest BCUT2D eigenvalue weighted by atomic mass is 31.1. The first-order chi connectivity index (χ1) is 10.8. The zero-order valence-corrected chi connectivity index (χ0v) is 17.9. The molecule has 0 heterocycles. The van der Waals surface area contributed by atoms with Crippen molar-refractivity contribution >= 4 is 17.2 Å². The lowest BCUT2D eigenvalue weighted by Crippen LogP contribution is -2.39. The van der Waals surface area contributed by atoms with Gasteiger partial charge in [0.25, 0.3) is 0 Å². The Labute approximate surface area is 145 Å². The van der Waals surface area contributed by atoms with E-state index in [1.807, 2.05) is 13.8 Å². The number of hydrogen-bond donors (Lipinski definition) is 0. The first kappa shape index (κ1) is 23.6. The summed E-state index contributed by atoms with van der Waals surface area (Å²) in [6.07, 6.45) is 2.08. The topological polar surface area (TPSA) is 49.4 Å². The molecule has 0 radical (unpaired) electrons. The van der Waals surface area contributed by atoms with Gasteiger partial charge >= 0.3 is 0 Å². The molecule has 0 fully saturated rings. The van der Waals surface area contributed by atoms with Crippen molar-refractivity contribution in [3.63, 3.8) is 0 Å². The molecule has 23 heavy (non-hydrogen) atoms. The predicted octanol–water partition coefficient (Wildman–Crippen LogP) is 2.57. The Hall–Kier alpha value is 0.620. The largest absolute Gasteiger partial charge is 0.367 e. The van der Waals surface area contributed by atoms with Crippen molar-refractivity contribution in [2.24, 2.45) is 0 Å². The SMILES string of the molecule is COC(C)N(CCPC(C)(OC)OC)CCPC(C)(OC)OC. The van der Waals surface area contributed by atoms with Crippen LogP contribution in [0.4, 0.5) is 0 Å². The molecular formula is C15H35NO5P2. The van der Waals surface area contributed by atoms with Crippen molar-refractivity contribution in [2.45, 2.75) is 38.1 Å². The van der Waals surface area contributed by atoms with Crippen LogP contribution < -0.4 is 0 Å². The maximum Gasteiger partial charge on any atom is 0.180 e. The average molecular weight is 371 g/mol. The maximum absolute atomic E-state index is 5.49. The summed E-state index contributed by atoms with van der Waals surface area (Å²) in [6.45, 7) is 7.90. The van der Waals surface area contributed by atoms with Gasteiger partial charge in [0.1, 0.15) is 6.23 Å². The smallest absolute Gasteiger partial charge is 0.180 e. The van der Waals surface area contributed by atoms with E-state index in [0.29, 0.717) is 17.2 Å². The van der Waals surface area contributed by atoms with Crippen LogP contribution >= 0.6 is 17.2 Å². The molecular weight excluding hydrogens is 336 g/mol. The summed E-state index contributed by atoms with van der Waals surface area (Å²) >= 11 is 0. The standard InChI is InChI=1S/C15H35NO5P2/c1-13(17-4)16(9-11-22-14(2,18-5)19-6)10-12-23-15(3,20-7)21-8/h13,22-23H,9-12H2,1-8H3. The van der Waals surface area contributed by atoms with Gasteiger partial charge in [-0.15, -0.1) is 0 Å². The molecule has 3 atom stereocenters. The van der Waals surface area contributed by atoms with Gasteiger partial charge in [0.05, 0.1) is 0 Å². The van der Waals surface area contributed by atoms with Gasteiger partial charge in [0.15, 0.2) is 11.1 Å². The van der Waals surface area contributed by atoms with Crippen molar-refractivity contribution in [1.29, 1.82) is 0 Å². The molecule has 8 heteroatoms. The van der Waals surface area contributed by atoms with E-state index < -0.39 is 11.1 Å². The van der Waals surface area contributed by atoms with Crippen LogP contribution in [0, 0.1) is 0 Å². The van der Waals surface area contributed by atoms with E-state index in [1.54, 1.807) is 35.5 Å². The summed E-state index contributed by atoms with van der Waals surface area (Å²) < 4.78 is 27.2. The number of rotatable bonds is 14. The van der Waals surface area contributed by atoms with E-state index in [1.165, 1.54) is 0 Å². The summed E-state index contributed by atoms with van der Waals surface area (Å²) in [7, 11) is 9.61. The van der Waals surface area contributed by atoms with Gasteiger partial charge in [-0.1, -0.05) is 17.2 Å². The fourth-order valence-corrected chi connectivity index (χ4v) is 4.22. The minimum absolute atomic E-state index is 0.0808. The van der Waals surface area contributed by atoms with E-state index in [0.717, 1.165) is 25.4 Å². The zero-order chi connectivity index (χ0) is 17.9. The Balaban J connectivity index is 4.38. The van der Waals surface area contributed by atoms with E-state index >= 15 is 0 Å². The van der Waals surface area contributed by atoms with E-state index in [4.69, 9.17) is 23.7 Å². The van der Waals surface area contributed by atoms with Crippen LogP contribution in [-0.4, -0.2) is 83.1 Å². The number of ether oxygens (including phenoxy) is 5. The first-order valence-corrected chi connectivity index (χ1v) is 10.2. The van der Waals surface area contributed by atoms with Gasteiger partial charge in [-0.2, -0.15) is 0 Å². The third kappa shape index (κ3) is 9.04. The molecule has 140 valence electrons. The Kier molecular flexibility index (Phi) is 12.4. The highest BCUT2D eigenvalue weighted by molar-refractivity contribution is 7.39. The number of methoxy groups -OCH3 is 5. The molecule has 6 nitrogen and oxygen atoms in total. The van der Waals surface area contributed by atoms with Gasteiger partial charge < -0.3 is 23.7 Å². The zero-order valence-electron chi connectivity index (χ0n) is 15.9. The molecule has 0 bridgehead atoms. The van der Waals surface area contributed by atoms with Crippen LogP contribution in [0.3, 0.4) is 0 Å². The fraction of sp³-hybridized carbons (Fsp3) is 1.00. The molecule has 0 amide bonds.